The number of benzene rings is 2. The van der Waals surface area contributed by atoms with E-state index in [9.17, 15) is 14.4 Å². The van der Waals surface area contributed by atoms with Crippen molar-refractivity contribution in [2.24, 2.45) is 11.1 Å². The first-order valence-electron chi connectivity index (χ1n) is 13.0. The topological polar surface area (TPSA) is 135 Å². The van der Waals surface area contributed by atoms with E-state index < -0.39 is 17.5 Å². The highest BCUT2D eigenvalue weighted by Crippen LogP contribution is 2.40. The minimum Gasteiger partial charge on any atom is -0.383 e. The lowest BCUT2D eigenvalue weighted by atomic mass is 9.76. The van der Waals surface area contributed by atoms with Gasteiger partial charge in [-0.25, -0.2) is 9.07 Å². The predicted molar refractivity (Wildman–Crippen MR) is 152 cm³/mol. The molecule has 4 aromatic rings. The second-order valence-corrected chi connectivity index (χ2v) is 11.8. The molecule has 11 heteroatoms. The van der Waals surface area contributed by atoms with E-state index in [0.29, 0.717) is 63.5 Å². The third kappa shape index (κ3) is 5.17. The zero-order valence-electron chi connectivity index (χ0n) is 22.5. The largest absolute Gasteiger partial charge is 0.383 e. The maximum atomic E-state index is 13.9. The molecule has 40 heavy (non-hydrogen) atoms. The van der Waals surface area contributed by atoms with E-state index >= 15 is 0 Å². The van der Waals surface area contributed by atoms with Gasteiger partial charge in [0.05, 0.1) is 34.7 Å². The van der Waals surface area contributed by atoms with E-state index in [1.54, 1.807) is 30.5 Å². The lowest BCUT2D eigenvalue weighted by molar-refractivity contribution is -0.131. The zero-order valence-corrected chi connectivity index (χ0v) is 23.3. The first-order chi connectivity index (χ1) is 19.0. The van der Waals surface area contributed by atoms with Gasteiger partial charge in [0.2, 0.25) is 5.91 Å². The molecule has 2 heterocycles. The summed E-state index contributed by atoms with van der Waals surface area (Å²) in [6, 6.07) is 11.2. The van der Waals surface area contributed by atoms with Crippen LogP contribution in [0.4, 0.5) is 15.8 Å². The number of halogens is 2. The molecule has 1 amide bonds. The van der Waals surface area contributed by atoms with Crippen molar-refractivity contribution in [1.82, 2.24) is 20.0 Å². The summed E-state index contributed by atoms with van der Waals surface area (Å²) in [6.45, 7) is 6.92. The number of primary amides is 1. The Hall–Kier alpha value is -4.23. The highest BCUT2D eigenvalue weighted by Gasteiger charge is 2.46. The lowest BCUT2D eigenvalue weighted by Gasteiger charge is -2.38. The fourth-order valence-electron chi connectivity index (χ4n) is 4.86. The minimum absolute atomic E-state index is 0.0375. The predicted octanol–water partition coefficient (Wildman–Crippen LogP) is 5.51. The van der Waals surface area contributed by atoms with Crippen LogP contribution in [-0.4, -0.2) is 32.4 Å². The molecule has 0 spiro atoms. The second-order valence-electron chi connectivity index (χ2n) is 11.4. The zero-order chi connectivity index (χ0) is 28.7. The van der Waals surface area contributed by atoms with Crippen molar-refractivity contribution in [1.29, 1.82) is 5.26 Å². The van der Waals surface area contributed by atoms with Gasteiger partial charge in [-0.2, -0.15) is 5.26 Å². The van der Waals surface area contributed by atoms with Crippen LogP contribution in [0.15, 0.2) is 48.8 Å². The highest BCUT2D eigenvalue weighted by molar-refractivity contribution is 6.32. The Morgan fingerprint density at radius 3 is 2.60 bits per heavy atom. The molecule has 2 aromatic heterocycles. The summed E-state index contributed by atoms with van der Waals surface area (Å²) < 4.78 is 15.4. The first-order valence-corrected chi connectivity index (χ1v) is 13.4. The van der Waals surface area contributed by atoms with Crippen LogP contribution in [0.3, 0.4) is 0 Å². The number of amides is 1. The number of rotatable bonds is 8. The summed E-state index contributed by atoms with van der Waals surface area (Å²) >= 11 is 6.59. The molecule has 0 aliphatic heterocycles. The third-order valence-corrected chi connectivity index (χ3v) is 7.46. The Kier molecular flexibility index (Phi) is 7.10. The normalized spacial score (nSPS) is 15.2. The fraction of sp³-hybridized carbons (Fsp3) is 0.345. The Balaban J connectivity index is 1.61. The van der Waals surface area contributed by atoms with Crippen molar-refractivity contribution < 1.29 is 9.18 Å². The number of nitrogens with two attached hydrogens (primary N) is 1. The molecule has 1 aliphatic rings. The van der Waals surface area contributed by atoms with Crippen molar-refractivity contribution in [3.05, 3.63) is 76.5 Å². The van der Waals surface area contributed by atoms with Crippen molar-refractivity contribution >= 4 is 39.8 Å². The summed E-state index contributed by atoms with van der Waals surface area (Å²) in [6.07, 6.45) is 5.29. The molecule has 1 aliphatic carbocycles. The number of nitrogens with one attached hydrogen (secondary N) is 2. The molecule has 2 aromatic carbocycles. The Morgan fingerprint density at radius 2 is 2.00 bits per heavy atom. The summed E-state index contributed by atoms with van der Waals surface area (Å²) in [7, 11) is 0. The number of hydrogen-bond donors (Lipinski definition) is 3. The van der Waals surface area contributed by atoms with Crippen LogP contribution in [-0.2, 0) is 10.3 Å². The van der Waals surface area contributed by atoms with Gasteiger partial charge in [-0.05, 0) is 54.5 Å². The third-order valence-electron chi connectivity index (χ3n) is 7.24. The second kappa shape index (κ2) is 10.4. The monoisotopic (exact) mass is 560 g/mol. The smallest absolute Gasteiger partial charge is 0.245 e. The van der Waals surface area contributed by atoms with Crippen LogP contribution in [0.1, 0.15) is 62.9 Å². The Labute approximate surface area is 236 Å². The van der Waals surface area contributed by atoms with Gasteiger partial charge in [-0.15, -0.1) is 5.10 Å². The van der Waals surface area contributed by atoms with Gasteiger partial charge in [-0.3, -0.25) is 9.78 Å². The van der Waals surface area contributed by atoms with Crippen molar-refractivity contribution in [3.63, 3.8) is 0 Å². The molecule has 0 radical (unpaired) electrons. The van der Waals surface area contributed by atoms with Gasteiger partial charge in [0, 0.05) is 23.2 Å². The van der Waals surface area contributed by atoms with Gasteiger partial charge in [0.25, 0.3) is 0 Å². The van der Waals surface area contributed by atoms with Gasteiger partial charge >= 0.3 is 0 Å². The standard InChI is InChI=1S/C29H30ClFN8O/c1-28(2,3)16-35-24-18(13-32)14-34-26-21(24)11-19(30)12-22(26)36-25(17-5-7-20(31)8-6-17)23-15-39(38-37-23)29(27(33)40)9-4-10-29/h5-8,11-12,14-15,25,36H,4,9-10,16H2,1-3H3,(H2,33,40)(H,34,35)/t25-/m0/s1. The van der Waals surface area contributed by atoms with Crippen molar-refractivity contribution in [3.8, 4) is 6.07 Å². The van der Waals surface area contributed by atoms with E-state index in [1.165, 1.54) is 23.0 Å². The molecular formula is C29H30ClFN8O. The average molecular weight is 561 g/mol. The number of fused-ring (bicyclic) bond motifs is 1. The molecular weight excluding hydrogens is 531 g/mol. The molecule has 206 valence electrons. The number of hydrogen-bond acceptors (Lipinski definition) is 7. The van der Waals surface area contributed by atoms with Crippen molar-refractivity contribution in [2.75, 3.05) is 17.2 Å². The number of carbonyl (C=O) groups excluding carboxylic acids is 1. The van der Waals surface area contributed by atoms with E-state index in [2.05, 4.69) is 52.8 Å². The van der Waals surface area contributed by atoms with Crippen LogP contribution < -0.4 is 16.4 Å². The SMILES string of the molecule is CC(C)(C)CNc1c(C#N)cnc2c(N[C@@H](c3ccc(F)cc3)c3cn(C4(C(N)=O)CCC4)nn3)cc(Cl)cc12. The van der Waals surface area contributed by atoms with Gasteiger partial charge in [0.1, 0.15) is 23.1 Å². The molecule has 1 atom stereocenters. The average Bonchev–Trinajstić information content (AvgIpc) is 3.34. The number of nitrogens with zero attached hydrogens (tertiary/aromatic N) is 5. The van der Waals surface area contributed by atoms with Crippen LogP contribution in [0, 0.1) is 22.6 Å². The number of pyridine rings is 1. The number of carbonyl (C=O) groups is 1. The summed E-state index contributed by atoms with van der Waals surface area (Å²) in [5.41, 5.74) is 8.24. The van der Waals surface area contributed by atoms with Gasteiger partial charge in [0.15, 0.2) is 0 Å². The van der Waals surface area contributed by atoms with Crippen LogP contribution in [0.2, 0.25) is 5.02 Å². The molecule has 0 unspecified atom stereocenters. The van der Waals surface area contributed by atoms with E-state index in [0.717, 1.165) is 6.42 Å². The summed E-state index contributed by atoms with van der Waals surface area (Å²) in [5.74, 6) is -0.822. The van der Waals surface area contributed by atoms with Crippen LogP contribution in [0.25, 0.3) is 10.9 Å². The Morgan fingerprint density at radius 1 is 1.27 bits per heavy atom. The molecule has 4 N–H and O–H groups in total. The fourth-order valence-corrected chi connectivity index (χ4v) is 5.08. The highest BCUT2D eigenvalue weighted by atomic mass is 35.5. The minimum atomic E-state index is -0.899. The van der Waals surface area contributed by atoms with E-state index in [1.807, 2.05) is 0 Å². The first kappa shape index (κ1) is 27.3. The quantitative estimate of drug-likeness (QED) is 0.258. The molecule has 0 saturated heterocycles. The molecule has 1 fully saturated rings. The van der Waals surface area contributed by atoms with Crippen LogP contribution >= 0.6 is 11.6 Å². The summed E-state index contributed by atoms with van der Waals surface area (Å²) in [4.78, 5) is 16.9. The maximum absolute atomic E-state index is 13.9. The van der Waals surface area contributed by atoms with Crippen molar-refractivity contribution in [2.45, 2.75) is 51.6 Å². The van der Waals surface area contributed by atoms with Gasteiger partial charge in [-0.1, -0.05) is 49.7 Å². The molecule has 5 rings (SSSR count). The number of aromatic nitrogens is 4. The molecule has 0 bridgehead atoms. The molecule has 9 nitrogen and oxygen atoms in total. The Bertz CT molecular complexity index is 1620. The van der Waals surface area contributed by atoms with Crippen LogP contribution in [0.5, 0.6) is 0 Å². The van der Waals surface area contributed by atoms with E-state index in [4.69, 9.17) is 17.3 Å². The number of nitriles is 1. The van der Waals surface area contributed by atoms with Gasteiger partial charge < -0.3 is 16.4 Å². The summed E-state index contributed by atoms with van der Waals surface area (Å²) in [5, 5.41) is 26.4. The number of anilines is 2. The molecule has 1 saturated carbocycles. The van der Waals surface area contributed by atoms with E-state index in [-0.39, 0.29) is 11.2 Å². The lowest BCUT2D eigenvalue weighted by Crippen LogP contribution is -2.51. The maximum Gasteiger partial charge on any atom is 0.245 e.